The van der Waals surface area contributed by atoms with Crippen LogP contribution in [-0.2, 0) is 13.1 Å². The van der Waals surface area contributed by atoms with Crippen molar-refractivity contribution < 1.29 is 4.79 Å². The number of fused-ring (bicyclic) bond motifs is 1. The van der Waals surface area contributed by atoms with Crippen LogP contribution in [0.25, 0.3) is 16.9 Å². The molecule has 1 aromatic carbocycles. The van der Waals surface area contributed by atoms with Crippen LogP contribution in [0.15, 0.2) is 61.1 Å². The Kier molecular flexibility index (Phi) is 5.39. The van der Waals surface area contributed by atoms with E-state index in [0.717, 1.165) is 29.1 Å². The number of aromatic nitrogens is 7. The first-order valence-corrected chi connectivity index (χ1v) is 10.9. The third-order valence-electron chi connectivity index (χ3n) is 5.41. The number of nitrogens with one attached hydrogen (secondary N) is 1. The Morgan fingerprint density at radius 3 is 2.70 bits per heavy atom. The number of anilines is 1. The fourth-order valence-electron chi connectivity index (χ4n) is 3.70. The highest BCUT2D eigenvalue weighted by Gasteiger charge is 2.17. The first kappa shape index (κ1) is 20.9. The second-order valence-corrected chi connectivity index (χ2v) is 8.00. The molecule has 1 amide bonds. The van der Waals surface area contributed by atoms with Crippen LogP contribution in [0, 0.1) is 6.92 Å². The van der Waals surface area contributed by atoms with Gasteiger partial charge in [0, 0.05) is 47.4 Å². The molecule has 0 radical (unpaired) electrons. The van der Waals surface area contributed by atoms with Gasteiger partial charge in [0.25, 0.3) is 5.91 Å². The molecule has 0 spiro atoms. The largest absolute Gasteiger partial charge is 0.304 e. The van der Waals surface area contributed by atoms with Gasteiger partial charge in [-0.25, -0.2) is 9.50 Å². The summed E-state index contributed by atoms with van der Waals surface area (Å²) in [6, 6.07) is 12.8. The standard InChI is InChI=1S/C23H21ClN8O/c1-3-31-15(2)18(13-26-31)20-8-10-25-22-12-19(28-32(20)22)23(33)27-21-9-11-30(29-21)14-16-4-6-17(24)7-5-16/h4-13H,3,14H2,1-2H3,(H,27,29,33). The van der Waals surface area contributed by atoms with Crippen molar-refractivity contribution >= 4 is 29.0 Å². The number of hydrogen-bond acceptors (Lipinski definition) is 5. The first-order valence-electron chi connectivity index (χ1n) is 10.5. The second kappa shape index (κ2) is 8.51. The van der Waals surface area contributed by atoms with Crippen LogP contribution >= 0.6 is 11.6 Å². The average molecular weight is 461 g/mol. The van der Waals surface area contributed by atoms with E-state index < -0.39 is 0 Å². The SMILES string of the molecule is CCn1ncc(-c2ccnc3cc(C(=O)Nc4ccn(Cc5ccc(Cl)cc5)n4)nn23)c1C. The summed E-state index contributed by atoms with van der Waals surface area (Å²) in [6.45, 7) is 5.39. The summed E-state index contributed by atoms with van der Waals surface area (Å²) < 4.78 is 5.33. The molecule has 9 nitrogen and oxygen atoms in total. The predicted octanol–water partition coefficient (Wildman–Crippen LogP) is 4.07. The summed E-state index contributed by atoms with van der Waals surface area (Å²) in [7, 11) is 0. The Bertz CT molecular complexity index is 1450. The molecule has 33 heavy (non-hydrogen) atoms. The van der Waals surface area contributed by atoms with Gasteiger partial charge in [0.05, 0.1) is 18.4 Å². The van der Waals surface area contributed by atoms with Crippen molar-refractivity contribution in [2.24, 2.45) is 0 Å². The van der Waals surface area contributed by atoms with E-state index in [0.29, 0.717) is 23.0 Å². The van der Waals surface area contributed by atoms with Crippen molar-refractivity contribution in [3.8, 4) is 11.3 Å². The first-order chi connectivity index (χ1) is 16.0. The maximum Gasteiger partial charge on any atom is 0.277 e. The Hall–Kier alpha value is -3.98. The molecule has 0 aliphatic heterocycles. The minimum atomic E-state index is -0.357. The maximum atomic E-state index is 12.9. The summed E-state index contributed by atoms with van der Waals surface area (Å²) in [4.78, 5) is 17.2. The van der Waals surface area contributed by atoms with Gasteiger partial charge in [0.1, 0.15) is 0 Å². The number of carbonyl (C=O) groups excluding carboxylic acids is 1. The van der Waals surface area contributed by atoms with Crippen LogP contribution in [0.4, 0.5) is 5.82 Å². The van der Waals surface area contributed by atoms with E-state index in [4.69, 9.17) is 11.6 Å². The number of hydrogen-bond donors (Lipinski definition) is 1. The van der Waals surface area contributed by atoms with Crippen LogP contribution in [0.1, 0.15) is 28.7 Å². The van der Waals surface area contributed by atoms with Gasteiger partial charge in [-0.1, -0.05) is 23.7 Å². The molecule has 5 rings (SSSR count). The Balaban J connectivity index is 1.37. The van der Waals surface area contributed by atoms with Crippen molar-refractivity contribution in [2.45, 2.75) is 26.9 Å². The van der Waals surface area contributed by atoms with E-state index in [1.807, 2.05) is 61.3 Å². The predicted molar refractivity (Wildman–Crippen MR) is 125 cm³/mol. The van der Waals surface area contributed by atoms with Gasteiger partial charge in [-0.15, -0.1) is 0 Å². The van der Waals surface area contributed by atoms with Gasteiger partial charge >= 0.3 is 0 Å². The molecular weight excluding hydrogens is 440 g/mol. The summed E-state index contributed by atoms with van der Waals surface area (Å²) in [5.41, 5.74) is 4.68. The molecule has 0 aliphatic rings. The molecule has 4 aromatic heterocycles. The molecule has 0 fully saturated rings. The Morgan fingerprint density at radius 2 is 1.94 bits per heavy atom. The summed E-state index contributed by atoms with van der Waals surface area (Å²) >= 11 is 5.94. The minimum Gasteiger partial charge on any atom is -0.304 e. The highest BCUT2D eigenvalue weighted by Crippen LogP contribution is 2.23. The van der Waals surface area contributed by atoms with Crippen LogP contribution in [-0.4, -0.2) is 40.1 Å². The highest BCUT2D eigenvalue weighted by molar-refractivity contribution is 6.30. The van der Waals surface area contributed by atoms with Crippen molar-refractivity contribution in [3.05, 3.63) is 83.0 Å². The van der Waals surface area contributed by atoms with E-state index >= 15 is 0 Å². The highest BCUT2D eigenvalue weighted by atomic mass is 35.5. The van der Waals surface area contributed by atoms with Crippen molar-refractivity contribution in [2.75, 3.05) is 5.32 Å². The van der Waals surface area contributed by atoms with E-state index in [-0.39, 0.29) is 11.6 Å². The van der Waals surface area contributed by atoms with Crippen LogP contribution in [0.3, 0.4) is 0 Å². The lowest BCUT2D eigenvalue weighted by Crippen LogP contribution is -2.13. The van der Waals surface area contributed by atoms with Crippen molar-refractivity contribution in [1.29, 1.82) is 0 Å². The van der Waals surface area contributed by atoms with Crippen LogP contribution in [0.2, 0.25) is 5.02 Å². The van der Waals surface area contributed by atoms with Gasteiger partial charge in [-0.3, -0.25) is 14.2 Å². The smallest absolute Gasteiger partial charge is 0.277 e. The lowest BCUT2D eigenvalue weighted by atomic mass is 10.2. The molecule has 0 bridgehead atoms. The number of aryl methyl sites for hydroxylation is 1. The number of amides is 1. The molecular formula is C23H21ClN8O. The van der Waals surface area contributed by atoms with Crippen LogP contribution in [0.5, 0.6) is 0 Å². The lowest BCUT2D eigenvalue weighted by Gasteiger charge is -2.04. The maximum absolute atomic E-state index is 12.9. The van der Waals surface area contributed by atoms with Crippen molar-refractivity contribution in [1.82, 2.24) is 34.2 Å². The van der Waals surface area contributed by atoms with E-state index in [1.54, 1.807) is 27.5 Å². The second-order valence-electron chi connectivity index (χ2n) is 7.57. The number of halogens is 1. The zero-order chi connectivity index (χ0) is 22.9. The normalized spacial score (nSPS) is 11.2. The third kappa shape index (κ3) is 4.10. The van der Waals surface area contributed by atoms with Gasteiger partial charge in [0.2, 0.25) is 0 Å². The van der Waals surface area contributed by atoms with Crippen molar-refractivity contribution in [3.63, 3.8) is 0 Å². The van der Waals surface area contributed by atoms with Gasteiger partial charge in [-0.2, -0.15) is 15.3 Å². The molecule has 0 unspecified atom stereocenters. The average Bonchev–Trinajstić information content (AvgIpc) is 3.53. The quantitative estimate of drug-likeness (QED) is 0.412. The molecule has 166 valence electrons. The Labute approximate surface area is 194 Å². The number of rotatable bonds is 6. The van der Waals surface area contributed by atoms with Crippen LogP contribution < -0.4 is 5.32 Å². The minimum absolute atomic E-state index is 0.253. The zero-order valence-corrected chi connectivity index (χ0v) is 18.9. The van der Waals surface area contributed by atoms with E-state index in [9.17, 15) is 4.79 Å². The zero-order valence-electron chi connectivity index (χ0n) is 18.1. The molecule has 0 aliphatic carbocycles. The molecule has 0 saturated heterocycles. The molecule has 0 atom stereocenters. The number of benzene rings is 1. The van der Waals surface area contributed by atoms with Gasteiger partial charge < -0.3 is 5.32 Å². The summed E-state index contributed by atoms with van der Waals surface area (Å²) in [6.07, 6.45) is 5.32. The van der Waals surface area contributed by atoms with E-state index in [1.165, 1.54) is 0 Å². The fraction of sp³-hybridized carbons (Fsp3) is 0.174. The number of carbonyl (C=O) groups is 1. The lowest BCUT2D eigenvalue weighted by molar-refractivity contribution is 0.102. The molecule has 0 saturated carbocycles. The van der Waals surface area contributed by atoms with Gasteiger partial charge in [0.15, 0.2) is 17.2 Å². The monoisotopic (exact) mass is 460 g/mol. The summed E-state index contributed by atoms with van der Waals surface area (Å²) in [5.74, 6) is 0.0865. The number of nitrogens with zero attached hydrogens (tertiary/aromatic N) is 7. The molecule has 1 N–H and O–H groups in total. The van der Waals surface area contributed by atoms with E-state index in [2.05, 4.69) is 25.6 Å². The summed E-state index contributed by atoms with van der Waals surface area (Å²) in [5, 5.41) is 16.8. The Morgan fingerprint density at radius 1 is 1.12 bits per heavy atom. The van der Waals surface area contributed by atoms with Gasteiger partial charge in [-0.05, 0) is 37.6 Å². The third-order valence-corrected chi connectivity index (χ3v) is 5.66. The topological polar surface area (TPSA) is 94.9 Å². The molecule has 4 heterocycles. The fourth-order valence-corrected chi connectivity index (χ4v) is 3.83. The molecule has 5 aromatic rings. The molecule has 10 heteroatoms.